The summed E-state index contributed by atoms with van der Waals surface area (Å²) in [5.41, 5.74) is 3.14. The molecular formula is C13H17N3OS. The van der Waals surface area contributed by atoms with Crippen LogP contribution in [0.25, 0.3) is 11.0 Å². The lowest BCUT2D eigenvalue weighted by atomic mass is 10.2. The van der Waals surface area contributed by atoms with Crippen LogP contribution in [-0.2, 0) is 18.4 Å². The van der Waals surface area contributed by atoms with Crippen molar-refractivity contribution in [3.8, 4) is 0 Å². The minimum atomic E-state index is 0.0299. The molecule has 0 bridgehead atoms. The number of hydrogen-bond acceptors (Lipinski definition) is 3. The zero-order valence-corrected chi connectivity index (χ0v) is 11.5. The highest BCUT2D eigenvalue weighted by atomic mass is 32.1. The topological polar surface area (TPSA) is 46.9 Å². The van der Waals surface area contributed by atoms with Crippen LogP contribution in [0.2, 0.25) is 0 Å². The first-order chi connectivity index (χ1) is 8.61. The van der Waals surface area contributed by atoms with Crippen molar-refractivity contribution in [2.45, 2.75) is 19.9 Å². The number of carbonyl (C=O) groups excluding carboxylic acids is 1. The molecule has 0 radical (unpaired) electrons. The van der Waals surface area contributed by atoms with E-state index in [4.69, 9.17) is 0 Å². The number of hydrogen-bond donors (Lipinski definition) is 2. The van der Waals surface area contributed by atoms with Gasteiger partial charge in [0.2, 0.25) is 5.91 Å². The summed E-state index contributed by atoms with van der Waals surface area (Å²) in [6.45, 7) is 2.52. The van der Waals surface area contributed by atoms with Crippen molar-refractivity contribution in [3.05, 3.63) is 29.6 Å². The van der Waals surface area contributed by atoms with E-state index in [1.165, 1.54) is 0 Å². The number of aromatic nitrogens is 2. The third-order valence-electron chi connectivity index (χ3n) is 3.00. The Morgan fingerprint density at radius 3 is 3.00 bits per heavy atom. The van der Waals surface area contributed by atoms with Crippen molar-refractivity contribution in [2.75, 3.05) is 5.75 Å². The molecule has 0 fully saturated rings. The maximum absolute atomic E-state index is 11.4. The molecule has 1 aromatic heterocycles. The SMILES string of the molecule is Cc1nc2cc(CNC(=O)CCS)ccc2n1C. The molecule has 5 heteroatoms. The van der Waals surface area contributed by atoms with Crippen LogP contribution in [0.4, 0.5) is 0 Å². The highest BCUT2D eigenvalue weighted by Crippen LogP contribution is 2.16. The van der Waals surface area contributed by atoms with E-state index >= 15 is 0 Å². The molecule has 0 saturated carbocycles. The number of imidazole rings is 1. The van der Waals surface area contributed by atoms with Crippen molar-refractivity contribution >= 4 is 29.6 Å². The van der Waals surface area contributed by atoms with Gasteiger partial charge < -0.3 is 9.88 Å². The van der Waals surface area contributed by atoms with Crippen LogP contribution in [0.5, 0.6) is 0 Å². The summed E-state index contributed by atoms with van der Waals surface area (Å²) in [5, 5.41) is 2.86. The molecule has 96 valence electrons. The van der Waals surface area contributed by atoms with Gasteiger partial charge in [-0.2, -0.15) is 12.6 Å². The maximum atomic E-state index is 11.4. The summed E-state index contributed by atoms with van der Waals surface area (Å²) < 4.78 is 2.05. The molecule has 0 spiro atoms. The summed E-state index contributed by atoms with van der Waals surface area (Å²) in [6, 6.07) is 6.07. The Labute approximate surface area is 112 Å². The van der Waals surface area contributed by atoms with E-state index in [1.807, 2.05) is 32.2 Å². The fourth-order valence-corrected chi connectivity index (χ4v) is 2.07. The number of benzene rings is 1. The molecule has 18 heavy (non-hydrogen) atoms. The molecule has 0 aliphatic carbocycles. The Morgan fingerprint density at radius 1 is 1.50 bits per heavy atom. The van der Waals surface area contributed by atoms with Crippen LogP contribution in [0.15, 0.2) is 18.2 Å². The first-order valence-electron chi connectivity index (χ1n) is 5.91. The van der Waals surface area contributed by atoms with E-state index in [0.717, 1.165) is 22.4 Å². The molecule has 0 aliphatic rings. The van der Waals surface area contributed by atoms with Crippen molar-refractivity contribution in [2.24, 2.45) is 7.05 Å². The van der Waals surface area contributed by atoms with Crippen molar-refractivity contribution in [1.29, 1.82) is 0 Å². The molecule has 1 heterocycles. The molecule has 1 amide bonds. The Balaban J connectivity index is 2.13. The lowest BCUT2D eigenvalue weighted by Crippen LogP contribution is -2.22. The Bertz CT molecular complexity index is 577. The van der Waals surface area contributed by atoms with Crippen molar-refractivity contribution in [3.63, 3.8) is 0 Å². The largest absolute Gasteiger partial charge is 0.352 e. The summed E-state index contributed by atoms with van der Waals surface area (Å²) in [7, 11) is 2.00. The highest BCUT2D eigenvalue weighted by Gasteiger charge is 2.05. The molecule has 0 saturated heterocycles. The zero-order valence-electron chi connectivity index (χ0n) is 10.6. The van der Waals surface area contributed by atoms with Gasteiger partial charge in [0.1, 0.15) is 5.82 Å². The van der Waals surface area contributed by atoms with E-state index < -0.39 is 0 Å². The Kier molecular flexibility index (Phi) is 3.91. The quantitative estimate of drug-likeness (QED) is 0.827. The van der Waals surface area contributed by atoms with Gasteiger partial charge >= 0.3 is 0 Å². The number of carbonyl (C=O) groups is 1. The average Bonchev–Trinajstić information content (AvgIpc) is 2.63. The molecule has 0 atom stereocenters. The van der Waals surface area contributed by atoms with E-state index in [9.17, 15) is 4.79 Å². The lowest BCUT2D eigenvalue weighted by molar-refractivity contribution is -0.120. The second kappa shape index (κ2) is 5.44. The zero-order chi connectivity index (χ0) is 13.1. The van der Waals surface area contributed by atoms with Crippen molar-refractivity contribution in [1.82, 2.24) is 14.9 Å². The minimum Gasteiger partial charge on any atom is -0.352 e. The predicted molar refractivity (Wildman–Crippen MR) is 75.8 cm³/mol. The molecule has 0 unspecified atom stereocenters. The summed E-state index contributed by atoms with van der Waals surface area (Å²) in [6.07, 6.45) is 0.452. The smallest absolute Gasteiger partial charge is 0.221 e. The minimum absolute atomic E-state index is 0.0299. The molecule has 2 rings (SSSR count). The van der Waals surface area contributed by atoms with Crippen LogP contribution < -0.4 is 5.32 Å². The van der Waals surface area contributed by atoms with Gasteiger partial charge in [-0.05, 0) is 30.4 Å². The maximum Gasteiger partial charge on any atom is 0.221 e. The summed E-state index contributed by atoms with van der Waals surface area (Å²) >= 11 is 4.03. The van der Waals surface area contributed by atoms with E-state index in [0.29, 0.717) is 18.7 Å². The molecule has 1 aromatic carbocycles. The number of amides is 1. The molecular weight excluding hydrogens is 246 g/mol. The van der Waals surface area contributed by atoms with Gasteiger partial charge in [0.15, 0.2) is 0 Å². The standard InChI is InChI=1S/C13H17N3OS/c1-9-15-11-7-10(3-4-12(11)16(9)2)8-14-13(17)5-6-18/h3-4,7,18H,5-6,8H2,1-2H3,(H,14,17). The number of thiol groups is 1. The van der Waals surface area contributed by atoms with Crippen LogP contribution in [0.3, 0.4) is 0 Å². The lowest BCUT2D eigenvalue weighted by Gasteiger charge is -2.04. The Morgan fingerprint density at radius 2 is 2.28 bits per heavy atom. The highest BCUT2D eigenvalue weighted by molar-refractivity contribution is 7.80. The molecule has 0 aliphatic heterocycles. The third kappa shape index (κ3) is 2.67. The fourth-order valence-electron chi connectivity index (χ4n) is 1.87. The van der Waals surface area contributed by atoms with Gasteiger partial charge in [0.05, 0.1) is 11.0 Å². The molecule has 1 N–H and O–H groups in total. The van der Waals surface area contributed by atoms with Crippen LogP contribution in [-0.4, -0.2) is 21.2 Å². The fraction of sp³-hybridized carbons (Fsp3) is 0.385. The van der Waals surface area contributed by atoms with Crippen LogP contribution in [0.1, 0.15) is 17.8 Å². The second-order valence-corrected chi connectivity index (χ2v) is 4.74. The average molecular weight is 263 g/mol. The van der Waals surface area contributed by atoms with Crippen molar-refractivity contribution < 1.29 is 4.79 Å². The monoisotopic (exact) mass is 263 g/mol. The molecule has 4 nitrogen and oxygen atoms in total. The van der Waals surface area contributed by atoms with Crippen LogP contribution in [0, 0.1) is 6.92 Å². The van der Waals surface area contributed by atoms with Crippen LogP contribution >= 0.6 is 12.6 Å². The van der Waals surface area contributed by atoms with Gasteiger partial charge in [-0.3, -0.25) is 4.79 Å². The van der Waals surface area contributed by atoms with Gasteiger partial charge in [0, 0.05) is 20.0 Å². The third-order valence-corrected chi connectivity index (χ3v) is 3.22. The van der Waals surface area contributed by atoms with Gasteiger partial charge in [0.25, 0.3) is 0 Å². The summed E-state index contributed by atoms with van der Waals surface area (Å²) in [5.74, 6) is 1.59. The first kappa shape index (κ1) is 13.0. The second-order valence-electron chi connectivity index (χ2n) is 4.29. The van der Waals surface area contributed by atoms with E-state index in [2.05, 4.69) is 27.5 Å². The number of aryl methyl sites for hydroxylation is 2. The first-order valence-corrected chi connectivity index (χ1v) is 6.54. The number of nitrogens with one attached hydrogen (secondary N) is 1. The van der Waals surface area contributed by atoms with Gasteiger partial charge in [-0.1, -0.05) is 6.07 Å². The predicted octanol–water partition coefficient (Wildman–Crippen LogP) is 1.82. The number of rotatable bonds is 4. The number of fused-ring (bicyclic) bond motifs is 1. The normalized spacial score (nSPS) is 10.8. The Hall–Kier alpha value is -1.49. The summed E-state index contributed by atoms with van der Waals surface area (Å²) in [4.78, 5) is 15.8. The number of nitrogens with zero attached hydrogens (tertiary/aromatic N) is 2. The van der Waals surface area contributed by atoms with E-state index in [1.54, 1.807) is 0 Å². The van der Waals surface area contributed by atoms with E-state index in [-0.39, 0.29) is 5.91 Å². The van der Waals surface area contributed by atoms with Gasteiger partial charge in [-0.25, -0.2) is 4.98 Å². The molecule has 2 aromatic rings. The van der Waals surface area contributed by atoms with Gasteiger partial charge in [-0.15, -0.1) is 0 Å².